The molecule has 0 aliphatic heterocycles. The molecule has 0 spiro atoms. The van der Waals surface area contributed by atoms with Crippen molar-refractivity contribution < 1.29 is 0 Å². The number of hydrogen-bond donors (Lipinski definition) is 1. The monoisotopic (exact) mass is 371 g/mol. The van der Waals surface area contributed by atoms with E-state index in [0.29, 0.717) is 6.04 Å². The molecule has 3 heterocycles. The Bertz CT molecular complexity index is 1160. The minimum Gasteiger partial charge on any atom is -0.340 e. The number of anilines is 2. The van der Waals surface area contributed by atoms with Crippen LogP contribution < -0.4 is 10.9 Å². The third-order valence-electron chi connectivity index (χ3n) is 5.41. The van der Waals surface area contributed by atoms with E-state index < -0.39 is 0 Å². The number of pyridine rings is 2. The van der Waals surface area contributed by atoms with Crippen molar-refractivity contribution >= 4 is 22.4 Å². The van der Waals surface area contributed by atoms with Crippen LogP contribution in [0, 0.1) is 0 Å². The normalized spacial score (nSPS) is 14.6. The van der Waals surface area contributed by atoms with Crippen LogP contribution in [0.1, 0.15) is 31.7 Å². The van der Waals surface area contributed by atoms with Crippen LogP contribution in [0.2, 0.25) is 0 Å². The maximum Gasteiger partial charge on any atom is 0.251 e. The highest BCUT2D eigenvalue weighted by Crippen LogP contribution is 2.31. The third-order valence-corrected chi connectivity index (χ3v) is 5.41. The lowest BCUT2D eigenvalue weighted by atomic mass is 10.2. The maximum atomic E-state index is 12.6. The predicted octanol–water partition coefficient (Wildman–Crippen LogP) is 4.44. The van der Waals surface area contributed by atoms with Gasteiger partial charge in [0, 0.05) is 47.8 Å². The summed E-state index contributed by atoms with van der Waals surface area (Å²) in [5, 5.41) is 8.58. The molecule has 5 rings (SSSR count). The molecule has 6 heteroatoms. The minimum absolute atomic E-state index is 0.0696. The van der Waals surface area contributed by atoms with E-state index in [1.807, 2.05) is 64.1 Å². The highest BCUT2D eigenvalue weighted by atomic mass is 16.1. The number of nitrogens with zero attached hydrogens (tertiary/aromatic N) is 4. The Balaban J connectivity index is 1.48. The van der Waals surface area contributed by atoms with E-state index in [9.17, 15) is 4.79 Å². The largest absolute Gasteiger partial charge is 0.340 e. The molecular formula is C22H21N5O. The zero-order chi connectivity index (χ0) is 18.9. The van der Waals surface area contributed by atoms with E-state index >= 15 is 0 Å². The van der Waals surface area contributed by atoms with Crippen LogP contribution in [-0.4, -0.2) is 19.3 Å². The number of rotatable bonds is 4. The van der Waals surface area contributed by atoms with Gasteiger partial charge in [0.25, 0.3) is 5.56 Å². The maximum absolute atomic E-state index is 12.6. The van der Waals surface area contributed by atoms with E-state index in [1.54, 1.807) is 12.3 Å². The first-order valence-corrected chi connectivity index (χ1v) is 9.66. The highest BCUT2D eigenvalue weighted by Gasteiger charge is 2.19. The van der Waals surface area contributed by atoms with Crippen molar-refractivity contribution in [1.82, 2.24) is 19.3 Å². The van der Waals surface area contributed by atoms with Gasteiger partial charge in [-0.05, 0) is 49.2 Å². The highest BCUT2D eigenvalue weighted by molar-refractivity contribution is 5.81. The summed E-state index contributed by atoms with van der Waals surface area (Å²) in [6, 6.07) is 15.7. The van der Waals surface area contributed by atoms with Crippen LogP contribution in [0.5, 0.6) is 0 Å². The average molecular weight is 371 g/mol. The molecule has 140 valence electrons. The number of hydrogen-bond acceptors (Lipinski definition) is 4. The lowest BCUT2D eigenvalue weighted by Crippen LogP contribution is -2.22. The van der Waals surface area contributed by atoms with Gasteiger partial charge >= 0.3 is 0 Å². The van der Waals surface area contributed by atoms with Gasteiger partial charge < -0.3 is 9.88 Å². The third kappa shape index (κ3) is 3.07. The molecule has 4 aromatic rings. The second-order valence-corrected chi connectivity index (χ2v) is 7.23. The van der Waals surface area contributed by atoms with E-state index in [0.717, 1.165) is 40.9 Å². The Kier molecular flexibility index (Phi) is 4.16. The first-order chi connectivity index (χ1) is 13.8. The number of nitrogens with one attached hydrogen (secondary N) is 1. The summed E-state index contributed by atoms with van der Waals surface area (Å²) in [5.41, 5.74) is 2.95. The lowest BCUT2D eigenvalue weighted by molar-refractivity contribution is 0.519. The molecule has 0 unspecified atom stereocenters. The molecule has 0 saturated heterocycles. The van der Waals surface area contributed by atoms with Crippen LogP contribution in [0.3, 0.4) is 0 Å². The summed E-state index contributed by atoms with van der Waals surface area (Å²) in [4.78, 5) is 17.1. The number of fused-ring (bicyclic) bond motifs is 1. The smallest absolute Gasteiger partial charge is 0.251 e. The molecule has 0 atom stereocenters. The molecule has 6 nitrogen and oxygen atoms in total. The standard InChI is InChI=1S/C22H21N5O/c28-22-11-6-16-15-23-21(14-20(16)27(22)19-4-1-2-5-19)25-17-7-9-18(10-8-17)26-13-3-12-24-26/h3,6-15,19H,1-2,4-5H2,(H,23,25). The molecular weight excluding hydrogens is 350 g/mol. The van der Waals surface area contributed by atoms with Crippen molar-refractivity contribution in [2.45, 2.75) is 31.7 Å². The molecule has 1 aliphatic rings. The fourth-order valence-corrected chi connectivity index (χ4v) is 4.03. The molecule has 1 saturated carbocycles. The van der Waals surface area contributed by atoms with Gasteiger partial charge in [0.15, 0.2) is 0 Å². The Morgan fingerprint density at radius 3 is 2.61 bits per heavy atom. The van der Waals surface area contributed by atoms with E-state index in [2.05, 4.69) is 15.4 Å². The van der Waals surface area contributed by atoms with Crippen LogP contribution in [-0.2, 0) is 0 Å². The molecule has 0 amide bonds. The summed E-state index contributed by atoms with van der Waals surface area (Å²) in [6.45, 7) is 0. The number of benzene rings is 1. The van der Waals surface area contributed by atoms with E-state index in [1.165, 1.54) is 12.8 Å². The summed E-state index contributed by atoms with van der Waals surface area (Å²) < 4.78 is 3.77. The average Bonchev–Trinajstić information content (AvgIpc) is 3.43. The van der Waals surface area contributed by atoms with Gasteiger partial charge in [-0.2, -0.15) is 5.10 Å². The van der Waals surface area contributed by atoms with E-state index in [4.69, 9.17) is 0 Å². The molecule has 28 heavy (non-hydrogen) atoms. The Morgan fingerprint density at radius 1 is 1.04 bits per heavy atom. The summed E-state index contributed by atoms with van der Waals surface area (Å²) in [5.74, 6) is 0.733. The fraction of sp³-hybridized carbons (Fsp3) is 0.227. The van der Waals surface area contributed by atoms with Gasteiger partial charge in [-0.1, -0.05) is 12.8 Å². The Hall–Kier alpha value is -3.41. The molecule has 3 aromatic heterocycles. The lowest BCUT2D eigenvalue weighted by Gasteiger charge is -2.17. The zero-order valence-corrected chi connectivity index (χ0v) is 15.5. The zero-order valence-electron chi connectivity index (χ0n) is 15.5. The second kappa shape index (κ2) is 6.96. The van der Waals surface area contributed by atoms with Crippen LogP contribution in [0.4, 0.5) is 11.5 Å². The van der Waals surface area contributed by atoms with E-state index in [-0.39, 0.29) is 5.56 Å². The quantitative estimate of drug-likeness (QED) is 0.576. The molecule has 1 aromatic carbocycles. The van der Waals surface area contributed by atoms with Crippen LogP contribution in [0.25, 0.3) is 16.6 Å². The second-order valence-electron chi connectivity index (χ2n) is 7.23. The summed E-state index contributed by atoms with van der Waals surface area (Å²) >= 11 is 0. The molecule has 1 aliphatic carbocycles. The van der Waals surface area contributed by atoms with Gasteiger partial charge in [-0.3, -0.25) is 4.79 Å². The van der Waals surface area contributed by atoms with Crippen molar-refractivity contribution in [2.75, 3.05) is 5.32 Å². The van der Waals surface area contributed by atoms with Gasteiger partial charge in [0.05, 0.1) is 11.2 Å². The van der Waals surface area contributed by atoms with Crippen molar-refractivity contribution in [3.05, 3.63) is 77.5 Å². The minimum atomic E-state index is 0.0696. The van der Waals surface area contributed by atoms with Gasteiger partial charge in [0.1, 0.15) is 5.82 Å². The molecule has 0 bridgehead atoms. The summed E-state index contributed by atoms with van der Waals surface area (Å²) in [6.07, 6.45) is 10.0. The van der Waals surface area contributed by atoms with Crippen LogP contribution in [0.15, 0.2) is 71.9 Å². The molecule has 1 N–H and O–H groups in total. The van der Waals surface area contributed by atoms with Gasteiger partial charge in [-0.25, -0.2) is 9.67 Å². The van der Waals surface area contributed by atoms with Crippen molar-refractivity contribution in [1.29, 1.82) is 0 Å². The van der Waals surface area contributed by atoms with Crippen molar-refractivity contribution in [3.63, 3.8) is 0 Å². The Morgan fingerprint density at radius 2 is 1.86 bits per heavy atom. The topological polar surface area (TPSA) is 64.7 Å². The Labute approximate surface area is 162 Å². The first-order valence-electron chi connectivity index (χ1n) is 9.66. The first kappa shape index (κ1) is 16.7. The van der Waals surface area contributed by atoms with Gasteiger partial charge in [0.2, 0.25) is 0 Å². The molecule has 0 radical (unpaired) electrons. The summed E-state index contributed by atoms with van der Waals surface area (Å²) in [7, 11) is 0. The fourth-order valence-electron chi connectivity index (χ4n) is 4.03. The predicted molar refractivity (Wildman–Crippen MR) is 110 cm³/mol. The van der Waals surface area contributed by atoms with Gasteiger partial charge in [-0.15, -0.1) is 0 Å². The van der Waals surface area contributed by atoms with Crippen LogP contribution >= 0.6 is 0 Å². The SMILES string of the molecule is O=c1ccc2cnc(Nc3ccc(-n4cccn4)cc3)cc2n1C1CCCC1. The van der Waals surface area contributed by atoms with Crippen molar-refractivity contribution in [2.24, 2.45) is 0 Å². The molecule has 1 fully saturated rings. The van der Waals surface area contributed by atoms with Crippen molar-refractivity contribution in [3.8, 4) is 5.69 Å². The number of aromatic nitrogens is 4.